The Morgan fingerprint density at radius 3 is 2.41 bits per heavy atom. The van der Waals surface area contributed by atoms with Gasteiger partial charge in [0.2, 0.25) is 11.8 Å². The van der Waals surface area contributed by atoms with Crippen molar-refractivity contribution in [2.75, 3.05) is 25.0 Å². The SMILES string of the molecule is O=C(CN(Cc1ccccc1)[C@]1(Cc2cccc(Cl)c2)C(=O)Nc2cc(Cl)ccc21)N1CCC(O)CC1. The molecular weight excluding hydrogens is 509 g/mol. The predicted molar refractivity (Wildman–Crippen MR) is 146 cm³/mol. The molecule has 2 heterocycles. The number of carbonyl (C=O) groups excluding carboxylic acids is 2. The number of anilines is 1. The first kappa shape index (κ1) is 25.7. The quantitative estimate of drug-likeness (QED) is 0.451. The summed E-state index contributed by atoms with van der Waals surface area (Å²) in [6.45, 7) is 1.43. The van der Waals surface area contributed by atoms with Gasteiger partial charge >= 0.3 is 0 Å². The van der Waals surface area contributed by atoms with Crippen LogP contribution in [0, 0.1) is 0 Å². The second-order valence-corrected chi connectivity index (χ2v) is 10.6. The molecule has 2 N–H and O–H groups in total. The summed E-state index contributed by atoms with van der Waals surface area (Å²) in [5, 5.41) is 14.1. The van der Waals surface area contributed by atoms with E-state index in [1.165, 1.54) is 0 Å². The minimum absolute atomic E-state index is 0.0427. The number of aliphatic hydroxyl groups excluding tert-OH is 1. The average Bonchev–Trinajstić information content (AvgIpc) is 3.15. The minimum atomic E-state index is -1.16. The number of amides is 2. The molecule has 0 aliphatic carbocycles. The lowest BCUT2D eigenvalue weighted by Gasteiger charge is -2.41. The van der Waals surface area contributed by atoms with Crippen molar-refractivity contribution in [1.82, 2.24) is 9.80 Å². The topological polar surface area (TPSA) is 72.9 Å². The number of hydrogen-bond donors (Lipinski definition) is 2. The lowest BCUT2D eigenvalue weighted by atomic mass is 9.82. The van der Waals surface area contributed by atoms with Crippen LogP contribution in [0.4, 0.5) is 5.69 Å². The molecule has 1 atom stereocenters. The van der Waals surface area contributed by atoms with E-state index >= 15 is 0 Å². The van der Waals surface area contributed by atoms with Crippen LogP contribution in [0.2, 0.25) is 10.0 Å². The summed E-state index contributed by atoms with van der Waals surface area (Å²) in [5.41, 5.74) is 2.14. The molecule has 0 aromatic heterocycles. The zero-order valence-electron chi connectivity index (χ0n) is 20.4. The first-order chi connectivity index (χ1) is 17.8. The van der Waals surface area contributed by atoms with Gasteiger partial charge in [-0.3, -0.25) is 14.5 Å². The Morgan fingerprint density at radius 1 is 0.973 bits per heavy atom. The first-order valence-electron chi connectivity index (χ1n) is 12.5. The van der Waals surface area contributed by atoms with E-state index in [-0.39, 0.29) is 24.5 Å². The minimum Gasteiger partial charge on any atom is -0.393 e. The number of hydrogen-bond acceptors (Lipinski definition) is 4. The van der Waals surface area contributed by atoms with E-state index in [4.69, 9.17) is 23.2 Å². The molecule has 6 nitrogen and oxygen atoms in total. The first-order valence-corrected chi connectivity index (χ1v) is 13.2. The molecule has 0 saturated carbocycles. The summed E-state index contributed by atoms with van der Waals surface area (Å²) in [6.07, 6.45) is 1.06. The maximum absolute atomic E-state index is 14.0. The van der Waals surface area contributed by atoms with Gasteiger partial charge in [-0.05, 0) is 48.2 Å². The van der Waals surface area contributed by atoms with Gasteiger partial charge < -0.3 is 15.3 Å². The van der Waals surface area contributed by atoms with E-state index in [9.17, 15) is 14.7 Å². The zero-order chi connectivity index (χ0) is 26.0. The third-order valence-corrected chi connectivity index (χ3v) is 7.77. The van der Waals surface area contributed by atoms with Gasteiger partial charge in [0, 0.05) is 47.4 Å². The predicted octanol–water partition coefficient (Wildman–Crippen LogP) is 4.87. The highest BCUT2D eigenvalue weighted by Crippen LogP contribution is 2.45. The number of rotatable bonds is 7. The van der Waals surface area contributed by atoms with Crippen LogP contribution in [0.1, 0.15) is 29.5 Å². The maximum Gasteiger partial charge on any atom is 0.249 e. The van der Waals surface area contributed by atoms with Crippen LogP contribution in [0.25, 0.3) is 0 Å². The van der Waals surface area contributed by atoms with Crippen molar-refractivity contribution in [3.05, 3.63) is 99.5 Å². The number of fused-ring (bicyclic) bond motifs is 1. The Labute approximate surface area is 226 Å². The van der Waals surface area contributed by atoms with Crippen LogP contribution in [-0.4, -0.2) is 52.5 Å². The normalized spacial score (nSPS) is 19.7. The molecule has 0 radical (unpaired) electrons. The van der Waals surface area contributed by atoms with Gasteiger partial charge in [-0.25, -0.2) is 0 Å². The summed E-state index contributed by atoms with van der Waals surface area (Å²) in [7, 11) is 0. The van der Waals surface area contributed by atoms with Crippen LogP contribution >= 0.6 is 23.2 Å². The molecule has 0 unspecified atom stereocenters. The number of aliphatic hydroxyl groups is 1. The summed E-state index contributed by atoms with van der Waals surface area (Å²) in [5.74, 6) is -0.272. The number of piperidine rings is 1. The molecule has 2 amide bonds. The third-order valence-electron chi connectivity index (χ3n) is 7.30. The number of carbonyl (C=O) groups is 2. The molecule has 3 aromatic rings. The van der Waals surface area contributed by atoms with Crippen molar-refractivity contribution in [2.24, 2.45) is 0 Å². The van der Waals surface area contributed by atoms with E-state index in [0.717, 1.165) is 16.7 Å². The standard InChI is InChI=1S/C29H29Cl2N3O3/c30-22-8-4-7-21(15-22)17-29(25-10-9-23(31)16-26(25)32-28(29)37)34(18-20-5-2-1-3-6-20)19-27(36)33-13-11-24(35)12-14-33/h1-10,15-16,24,35H,11-14,17-19H2,(H,32,37)/t29-/m0/s1. The van der Waals surface area contributed by atoms with E-state index in [0.29, 0.717) is 54.6 Å². The third kappa shape index (κ3) is 5.39. The van der Waals surface area contributed by atoms with Gasteiger partial charge in [-0.15, -0.1) is 0 Å². The molecule has 0 spiro atoms. The van der Waals surface area contributed by atoms with E-state index < -0.39 is 5.54 Å². The van der Waals surface area contributed by atoms with Gasteiger partial charge in [0.15, 0.2) is 0 Å². The van der Waals surface area contributed by atoms with Crippen LogP contribution in [0.15, 0.2) is 72.8 Å². The lowest BCUT2D eigenvalue weighted by molar-refractivity contribution is -0.139. The van der Waals surface area contributed by atoms with Crippen molar-refractivity contribution >= 4 is 40.7 Å². The Hall–Kier alpha value is -2.90. The van der Waals surface area contributed by atoms with Crippen LogP contribution in [-0.2, 0) is 28.1 Å². The summed E-state index contributed by atoms with van der Waals surface area (Å²) >= 11 is 12.6. The molecule has 2 aliphatic rings. The van der Waals surface area contributed by atoms with E-state index in [1.807, 2.05) is 59.5 Å². The molecule has 0 bridgehead atoms. The summed E-state index contributed by atoms with van der Waals surface area (Å²) < 4.78 is 0. The molecule has 192 valence electrons. The second kappa shape index (κ2) is 10.8. The molecule has 1 saturated heterocycles. The zero-order valence-corrected chi connectivity index (χ0v) is 21.9. The molecule has 1 fully saturated rings. The molecule has 8 heteroatoms. The van der Waals surface area contributed by atoms with Crippen LogP contribution < -0.4 is 5.32 Å². The summed E-state index contributed by atoms with van der Waals surface area (Å²) in [6, 6.07) is 22.7. The lowest BCUT2D eigenvalue weighted by Crippen LogP contribution is -2.56. The molecular formula is C29H29Cl2N3O3. The maximum atomic E-state index is 14.0. The van der Waals surface area contributed by atoms with Crippen LogP contribution in [0.3, 0.4) is 0 Å². The van der Waals surface area contributed by atoms with Gasteiger partial charge in [0.1, 0.15) is 5.54 Å². The summed E-state index contributed by atoms with van der Waals surface area (Å²) in [4.78, 5) is 31.4. The van der Waals surface area contributed by atoms with Gasteiger partial charge in [0.05, 0.1) is 12.6 Å². The Kier molecular flexibility index (Phi) is 7.54. The second-order valence-electron chi connectivity index (χ2n) is 9.76. The number of benzene rings is 3. The highest BCUT2D eigenvalue weighted by atomic mass is 35.5. The Bertz CT molecular complexity index is 1290. The van der Waals surface area contributed by atoms with Gasteiger partial charge in [-0.2, -0.15) is 0 Å². The molecule has 37 heavy (non-hydrogen) atoms. The van der Waals surface area contributed by atoms with Crippen molar-refractivity contribution in [3.63, 3.8) is 0 Å². The highest BCUT2D eigenvalue weighted by molar-refractivity contribution is 6.31. The fourth-order valence-corrected chi connectivity index (χ4v) is 5.77. The highest BCUT2D eigenvalue weighted by Gasteiger charge is 2.52. The van der Waals surface area contributed by atoms with Gasteiger partial charge in [0.25, 0.3) is 0 Å². The fourth-order valence-electron chi connectivity index (χ4n) is 5.38. The van der Waals surface area contributed by atoms with Crippen molar-refractivity contribution < 1.29 is 14.7 Å². The number of nitrogens with one attached hydrogen (secondary N) is 1. The van der Waals surface area contributed by atoms with Crippen molar-refractivity contribution in [2.45, 2.75) is 37.5 Å². The van der Waals surface area contributed by atoms with E-state index in [2.05, 4.69) is 5.32 Å². The van der Waals surface area contributed by atoms with Crippen molar-refractivity contribution in [1.29, 1.82) is 0 Å². The molecule has 5 rings (SSSR count). The smallest absolute Gasteiger partial charge is 0.249 e. The monoisotopic (exact) mass is 537 g/mol. The Morgan fingerprint density at radius 2 is 1.68 bits per heavy atom. The number of likely N-dealkylation sites (tertiary alicyclic amines) is 1. The average molecular weight is 538 g/mol. The largest absolute Gasteiger partial charge is 0.393 e. The van der Waals surface area contributed by atoms with E-state index in [1.54, 1.807) is 23.1 Å². The van der Waals surface area contributed by atoms with Crippen LogP contribution in [0.5, 0.6) is 0 Å². The fraction of sp³-hybridized carbons (Fsp3) is 0.310. The number of nitrogens with zero attached hydrogens (tertiary/aromatic N) is 2. The van der Waals surface area contributed by atoms with Crippen molar-refractivity contribution in [3.8, 4) is 0 Å². The van der Waals surface area contributed by atoms with Gasteiger partial charge in [-0.1, -0.05) is 71.7 Å². The number of halogens is 2. The Balaban J connectivity index is 1.60. The molecule has 2 aliphatic heterocycles. The molecule has 3 aromatic carbocycles.